The van der Waals surface area contributed by atoms with Gasteiger partial charge >= 0.3 is 5.97 Å². The Kier molecular flexibility index (Phi) is 4.51. The number of aliphatic carboxylic acids is 1. The van der Waals surface area contributed by atoms with Gasteiger partial charge in [0.2, 0.25) is 5.91 Å². The molecule has 1 heterocycles. The number of carbonyl (C=O) groups excluding carboxylic acids is 1. The summed E-state index contributed by atoms with van der Waals surface area (Å²) in [6.07, 6.45) is 2.19. The monoisotopic (exact) mass is 242 g/mol. The standard InChI is InChI=1S/C12H22N2O3/c1-3-9(13)7-10(15)14-6-5-12(4-2,8-14)11(16)17/h9H,3-8,13H2,1-2H3,(H,16,17). The second-order valence-electron chi connectivity index (χ2n) is 4.88. The first-order valence-corrected chi connectivity index (χ1v) is 6.22. The Morgan fingerprint density at radius 1 is 1.47 bits per heavy atom. The summed E-state index contributed by atoms with van der Waals surface area (Å²) in [5.41, 5.74) is 4.99. The Balaban J connectivity index is 2.60. The second-order valence-corrected chi connectivity index (χ2v) is 4.88. The van der Waals surface area contributed by atoms with Crippen molar-refractivity contribution in [1.29, 1.82) is 0 Å². The van der Waals surface area contributed by atoms with Crippen molar-refractivity contribution in [2.45, 2.75) is 45.6 Å². The highest BCUT2D eigenvalue weighted by molar-refractivity contribution is 5.81. The van der Waals surface area contributed by atoms with Gasteiger partial charge in [0.1, 0.15) is 0 Å². The van der Waals surface area contributed by atoms with E-state index in [1.54, 1.807) is 4.90 Å². The third-order valence-electron chi connectivity index (χ3n) is 3.80. The van der Waals surface area contributed by atoms with Crippen LogP contribution in [0.15, 0.2) is 0 Å². The van der Waals surface area contributed by atoms with E-state index < -0.39 is 11.4 Å². The molecule has 0 aromatic carbocycles. The number of carboxylic acids is 1. The van der Waals surface area contributed by atoms with Crippen LogP contribution in [0.2, 0.25) is 0 Å². The Hall–Kier alpha value is -1.10. The minimum Gasteiger partial charge on any atom is -0.481 e. The van der Waals surface area contributed by atoms with Gasteiger partial charge in [0.05, 0.1) is 5.41 Å². The topological polar surface area (TPSA) is 83.6 Å². The molecule has 0 spiro atoms. The maximum Gasteiger partial charge on any atom is 0.311 e. The number of amides is 1. The van der Waals surface area contributed by atoms with Crippen LogP contribution in [0.4, 0.5) is 0 Å². The van der Waals surface area contributed by atoms with Gasteiger partial charge in [-0.15, -0.1) is 0 Å². The highest BCUT2D eigenvalue weighted by atomic mass is 16.4. The smallest absolute Gasteiger partial charge is 0.311 e. The van der Waals surface area contributed by atoms with E-state index in [2.05, 4.69) is 0 Å². The molecule has 0 radical (unpaired) electrons. The molecule has 3 N–H and O–H groups in total. The molecule has 1 aliphatic rings. The summed E-state index contributed by atoms with van der Waals surface area (Å²) in [5.74, 6) is -0.814. The van der Waals surface area contributed by atoms with Crippen LogP contribution in [-0.2, 0) is 9.59 Å². The van der Waals surface area contributed by atoms with E-state index in [1.165, 1.54) is 0 Å². The molecule has 0 aliphatic carbocycles. The average molecular weight is 242 g/mol. The summed E-state index contributed by atoms with van der Waals surface area (Å²) in [7, 11) is 0. The van der Waals surface area contributed by atoms with Crippen LogP contribution in [0.3, 0.4) is 0 Å². The molecule has 2 unspecified atom stereocenters. The molecule has 5 nitrogen and oxygen atoms in total. The fourth-order valence-electron chi connectivity index (χ4n) is 2.20. The molecule has 98 valence electrons. The first-order valence-electron chi connectivity index (χ1n) is 6.22. The van der Waals surface area contributed by atoms with Gasteiger partial charge in [-0.3, -0.25) is 9.59 Å². The number of hydrogen-bond acceptors (Lipinski definition) is 3. The van der Waals surface area contributed by atoms with Gasteiger partial charge < -0.3 is 15.7 Å². The van der Waals surface area contributed by atoms with Crippen LogP contribution < -0.4 is 5.73 Å². The third kappa shape index (κ3) is 2.97. The van der Waals surface area contributed by atoms with Crippen molar-refractivity contribution in [3.05, 3.63) is 0 Å². The van der Waals surface area contributed by atoms with E-state index in [4.69, 9.17) is 5.73 Å². The van der Waals surface area contributed by atoms with Gasteiger partial charge in [-0.1, -0.05) is 13.8 Å². The molecule has 0 bridgehead atoms. The van der Waals surface area contributed by atoms with Crippen molar-refractivity contribution in [3.8, 4) is 0 Å². The molecular weight excluding hydrogens is 220 g/mol. The van der Waals surface area contributed by atoms with Crippen LogP contribution in [-0.4, -0.2) is 41.0 Å². The zero-order valence-electron chi connectivity index (χ0n) is 10.6. The largest absolute Gasteiger partial charge is 0.481 e. The summed E-state index contributed by atoms with van der Waals surface area (Å²) < 4.78 is 0. The lowest BCUT2D eigenvalue weighted by Crippen LogP contribution is -2.38. The molecule has 1 amide bonds. The zero-order chi connectivity index (χ0) is 13.1. The summed E-state index contributed by atoms with van der Waals surface area (Å²) in [6.45, 7) is 4.67. The molecule has 1 saturated heterocycles. The molecule has 5 heteroatoms. The van der Waals surface area contributed by atoms with Gasteiger partial charge in [-0.2, -0.15) is 0 Å². The summed E-state index contributed by atoms with van der Waals surface area (Å²) >= 11 is 0. The number of carbonyl (C=O) groups is 2. The highest BCUT2D eigenvalue weighted by Crippen LogP contribution is 2.34. The normalized spacial score (nSPS) is 25.9. The lowest BCUT2D eigenvalue weighted by Gasteiger charge is -2.23. The van der Waals surface area contributed by atoms with Crippen LogP contribution in [0.1, 0.15) is 39.5 Å². The van der Waals surface area contributed by atoms with Gasteiger partial charge in [-0.05, 0) is 19.3 Å². The van der Waals surface area contributed by atoms with E-state index in [-0.39, 0.29) is 11.9 Å². The number of likely N-dealkylation sites (tertiary alicyclic amines) is 1. The summed E-state index contributed by atoms with van der Waals surface area (Å²) in [6, 6.07) is -0.121. The quantitative estimate of drug-likeness (QED) is 0.748. The Morgan fingerprint density at radius 3 is 2.53 bits per heavy atom. The van der Waals surface area contributed by atoms with Crippen molar-refractivity contribution in [2.24, 2.45) is 11.1 Å². The fraction of sp³-hybridized carbons (Fsp3) is 0.833. The number of hydrogen-bond donors (Lipinski definition) is 2. The van der Waals surface area contributed by atoms with Crippen LogP contribution in [0.5, 0.6) is 0 Å². The zero-order valence-corrected chi connectivity index (χ0v) is 10.6. The predicted molar refractivity (Wildman–Crippen MR) is 64.4 cm³/mol. The predicted octanol–water partition coefficient (Wildman–Crippen LogP) is 0.827. The van der Waals surface area contributed by atoms with E-state index in [9.17, 15) is 14.7 Å². The fourth-order valence-corrected chi connectivity index (χ4v) is 2.20. The van der Waals surface area contributed by atoms with Gasteiger partial charge in [0.15, 0.2) is 0 Å². The molecule has 0 aromatic heterocycles. The van der Waals surface area contributed by atoms with E-state index in [0.29, 0.717) is 32.4 Å². The molecule has 1 aliphatic heterocycles. The van der Waals surface area contributed by atoms with E-state index in [0.717, 1.165) is 6.42 Å². The van der Waals surface area contributed by atoms with Crippen molar-refractivity contribution < 1.29 is 14.7 Å². The lowest BCUT2D eigenvalue weighted by atomic mass is 9.84. The SMILES string of the molecule is CCC(N)CC(=O)N1CCC(CC)(C(=O)O)C1. The molecule has 2 atom stereocenters. The van der Waals surface area contributed by atoms with Crippen LogP contribution in [0, 0.1) is 5.41 Å². The highest BCUT2D eigenvalue weighted by Gasteiger charge is 2.44. The Morgan fingerprint density at radius 2 is 2.12 bits per heavy atom. The maximum absolute atomic E-state index is 11.9. The van der Waals surface area contributed by atoms with Crippen molar-refractivity contribution in [2.75, 3.05) is 13.1 Å². The van der Waals surface area contributed by atoms with Crippen LogP contribution >= 0.6 is 0 Å². The molecule has 1 fully saturated rings. The van der Waals surface area contributed by atoms with Crippen molar-refractivity contribution in [1.82, 2.24) is 4.90 Å². The average Bonchev–Trinajstić information content (AvgIpc) is 2.74. The van der Waals surface area contributed by atoms with Crippen LogP contribution in [0.25, 0.3) is 0 Å². The molecule has 0 saturated carbocycles. The number of rotatable bonds is 5. The van der Waals surface area contributed by atoms with Gasteiger partial charge in [0, 0.05) is 25.6 Å². The minimum atomic E-state index is -0.796. The second kappa shape index (κ2) is 5.49. The maximum atomic E-state index is 11.9. The number of nitrogens with zero attached hydrogens (tertiary/aromatic N) is 1. The van der Waals surface area contributed by atoms with E-state index >= 15 is 0 Å². The van der Waals surface area contributed by atoms with Gasteiger partial charge in [0.25, 0.3) is 0 Å². The van der Waals surface area contributed by atoms with Crippen molar-refractivity contribution in [3.63, 3.8) is 0 Å². The van der Waals surface area contributed by atoms with Crippen molar-refractivity contribution >= 4 is 11.9 Å². The molecule has 17 heavy (non-hydrogen) atoms. The first kappa shape index (κ1) is 14.0. The van der Waals surface area contributed by atoms with Gasteiger partial charge in [-0.25, -0.2) is 0 Å². The number of carboxylic acid groups (broad SMARTS) is 1. The first-order chi connectivity index (χ1) is 7.95. The Bertz CT molecular complexity index is 306. The minimum absolute atomic E-state index is 0.0177. The van der Waals surface area contributed by atoms with E-state index in [1.807, 2.05) is 13.8 Å². The third-order valence-corrected chi connectivity index (χ3v) is 3.80. The number of nitrogens with two attached hydrogens (primary N) is 1. The lowest BCUT2D eigenvalue weighted by molar-refractivity contribution is -0.148. The molecular formula is C12H22N2O3. The summed E-state index contributed by atoms with van der Waals surface area (Å²) in [4.78, 5) is 24.8. The molecule has 0 aromatic rings. The molecule has 1 rings (SSSR count). The Labute approximate surface area is 102 Å². The summed E-state index contributed by atoms with van der Waals surface area (Å²) in [5, 5.41) is 9.23.